The highest BCUT2D eigenvalue weighted by atomic mass is 32.2. The van der Waals surface area contributed by atoms with E-state index >= 15 is 0 Å². The Balaban J connectivity index is 1.89. The number of primary amides is 1. The number of ketones is 4. The van der Waals surface area contributed by atoms with Gasteiger partial charge >= 0.3 is 0 Å². The van der Waals surface area contributed by atoms with Gasteiger partial charge in [0.25, 0.3) is 0 Å². The Bertz CT molecular complexity index is 1170. The minimum atomic E-state index is -2.72. The number of aromatic hydroxyl groups is 1. The van der Waals surface area contributed by atoms with Gasteiger partial charge in [0.05, 0.1) is 17.5 Å². The topological polar surface area (TPSA) is 181 Å². The fourth-order valence-electron chi connectivity index (χ4n) is 6.26. The molecule has 0 spiro atoms. The number of phenolic OH excluding ortho intramolecular Hbond substituents is 1. The van der Waals surface area contributed by atoms with Gasteiger partial charge < -0.3 is 21.7 Å². The van der Waals surface area contributed by atoms with Crippen molar-refractivity contribution in [2.75, 3.05) is 20.4 Å². The van der Waals surface area contributed by atoms with Crippen LogP contribution in [-0.2, 0) is 37.9 Å². The number of fused-ring (bicyclic) bond motifs is 3. The van der Waals surface area contributed by atoms with Crippen molar-refractivity contribution in [1.82, 2.24) is 4.90 Å². The average Bonchev–Trinajstić information content (AvgIpc) is 2.77. The summed E-state index contributed by atoms with van der Waals surface area (Å²) in [5, 5.41) is 22.5. The summed E-state index contributed by atoms with van der Waals surface area (Å²) < 4.78 is 0. The van der Waals surface area contributed by atoms with Crippen LogP contribution >= 0.6 is 11.8 Å². The van der Waals surface area contributed by atoms with Gasteiger partial charge in [-0.25, -0.2) is 0 Å². The number of phenols is 1. The van der Waals surface area contributed by atoms with Gasteiger partial charge in [-0.2, -0.15) is 11.8 Å². The molecule has 11 heteroatoms. The number of nitrogens with two attached hydrogens (primary N) is 2. The summed E-state index contributed by atoms with van der Waals surface area (Å²) in [6.45, 7) is 0.119. The first kappa shape index (κ1) is 25.5. The summed E-state index contributed by atoms with van der Waals surface area (Å²) in [4.78, 5) is 67.3. The molecule has 188 valence electrons. The number of Topliss-reactive ketones (excluding diaryl/α,β-unsaturated/α-hetero) is 4. The lowest BCUT2D eigenvalue weighted by molar-refractivity contribution is -0.181. The van der Waals surface area contributed by atoms with Crippen molar-refractivity contribution in [3.8, 4) is 5.75 Å². The monoisotopic (exact) mass is 503 g/mol. The van der Waals surface area contributed by atoms with Crippen molar-refractivity contribution >= 4 is 40.8 Å². The van der Waals surface area contributed by atoms with E-state index in [2.05, 4.69) is 0 Å². The van der Waals surface area contributed by atoms with E-state index in [0.717, 1.165) is 0 Å². The normalized spacial score (nSPS) is 32.3. The number of amides is 1. The van der Waals surface area contributed by atoms with E-state index in [1.54, 1.807) is 20.2 Å². The molecule has 4 rings (SSSR count). The number of carbonyl (C=O) groups excluding carboxylic acids is 5. The van der Waals surface area contributed by atoms with Gasteiger partial charge in [0.15, 0.2) is 34.7 Å². The maximum Gasteiger partial charge on any atom is 0.235 e. The molecule has 35 heavy (non-hydrogen) atoms. The number of hydrogen-bond acceptors (Lipinski definition) is 10. The predicted molar refractivity (Wildman–Crippen MR) is 126 cm³/mol. The molecule has 0 bridgehead atoms. The molecule has 2 unspecified atom stereocenters. The molecule has 3 aliphatic carbocycles. The lowest BCUT2D eigenvalue weighted by Gasteiger charge is -2.52. The molecule has 0 aliphatic heterocycles. The van der Waals surface area contributed by atoms with Gasteiger partial charge in [-0.15, -0.1) is 0 Å². The standard InChI is InChI=1S/C24H29N3O7S/c1-27(2)17-13-6-9-5-12-10(7-25)4-11(8-35-3)18(28)15(12)19(29)14(9)21(31)24(13,34)22(32)16(20(17)30)23(26)33/h4,9,13-14,16-17,28,34H,5-8,25H2,1-3H3,(H2,26,33)/t9-,13-,14?,16?,17-,24-/m0/s1. The summed E-state index contributed by atoms with van der Waals surface area (Å²) in [6, 6.07) is 0.635. The molecular formula is C24H29N3O7S. The molecule has 6 N–H and O–H groups in total. The van der Waals surface area contributed by atoms with E-state index in [1.807, 2.05) is 6.26 Å². The summed E-state index contributed by atoms with van der Waals surface area (Å²) in [5.41, 5.74) is 10.3. The van der Waals surface area contributed by atoms with Gasteiger partial charge in [0.1, 0.15) is 5.75 Å². The van der Waals surface area contributed by atoms with Crippen LogP contribution < -0.4 is 11.5 Å². The van der Waals surface area contributed by atoms with Crippen LogP contribution in [0.2, 0.25) is 0 Å². The molecule has 0 aromatic heterocycles. The van der Waals surface area contributed by atoms with Crippen molar-refractivity contribution in [2.24, 2.45) is 35.1 Å². The van der Waals surface area contributed by atoms with Gasteiger partial charge in [-0.05, 0) is 56.3 Å². The van der Waals surface area contributed by atoms with Crippen LogP contribution in [0.3, 0.4) is 0 Å². The van der Waals surface area contributed by atoms with E-state index in [1.165, 1.54) is 16.7 Å². The van der Waals surface area contributed by atoms with Gasteiger partial charge in [-0.1, -0.05) is 0 Å². The third-order valence-corrected chi connectivity index (χ3v) is 8.35. The molecule has 1 amide bonds. The smallest absolute Gasteiger partial charge is 0.235 e. The highest BCUT2D eigenvalue weighted by Gasteiger charge is 2.69. The van der Waals surface area contributed by atoms with Crippen molar-refractivity contribution in [3.05, 3.63) is 28.3 Å². The minimum Gasteiger partial charge on any atom is -0.507 e. The molecule has 1 aromatic carbocycles. The zero-order valence-corrected chi connectivity index (χ0v) is 20.6. The van der Waals surface area contributed by atoms with Crippen LogP contribution in [0.15, 0.2) is 6.07 Å². The summed E-state index contributed by atoms with van der Waals surface area (Å²) in [5.74, 6) is -10.00. The second kappa shape index (κ2) is 8.81. The fourth-order valence-corrected chi connectivity index (χ4v) is 6.79. The van der Waals surface area contributed by atoms with Crippen LogP contribution in [-0.4, -0.2) is 76.1 Å². The average molecular weight is 504 g/mol. The van der Waals surface area contributed by atoms with Crippen molar-refractivity contribution in [2.45, 2.75) is 36.8 Å². The molecular weight excluding hydrogens is 474 g/mol. The van der Waals surface area contributed by atoms with Crippen LogP contribution in [0.1, 0.15) is 33.5 Å². The lowest BCUT2D eigenvalue weighted by atomic mass is 9.52. The first-order chi connectivity index (χ1) is 16.4. The lowest BCUT2D eigenvalue weighted by Crippen LogP contribution is -2.74. The van der Waals surface area contributed by atoms with E-state index < -0.39 is 64.4 Å². The number of thioether (sulfide) groups is 1. The number of aliphatic hydroxyl groups is 1. The molecule has 1 aromatic rings. The molecule has 0 radical (unpaired) electrons. The van der Waals surface area contributed by atoms with Crippen LogP contribution in [0.25, 0.3) is 0 Å². The Hall–Kier alpha value is -2.60. The SMILES string of the molecule is CSCc1cc(CN)c2c(c1O)C(=O)C1C(=O)[C@]3(O)C(=O)C(C(N)=O)C(=O)[C@@H](N(C)C)[C@@H]3C[C@@H]1C2. The third-order valence-electron chi connectivity index (χ3n) is 7.75. The number of hydrogen-bond donors (Lipinski definition) is 4. The third kappa shape index (κ3) is 3.47. The molecule has 0 heterocycles. The maximum absolute atomic E-state index is 13.8. The van der Waals surface area contributed by atoms with Gasteiger partial charge in [-0.3, -0.25) is 28.9 Å². The largest absolute Gasteiger partial charge is 0.507 e. The molecule has 2 fully saturated rings. The van der Waals surface area contributed by atoms with Gasteiger partial charge in [0, 0.05) is 23.8 Å². The minimum absolute atomic E-state index is 0.0106. The fraction of sp³-hybridized carbons (Fsp3) is 0.542. The second-order valence-electron chi connectivity index (χ2n) is 9.82. The Kier molecular flexibility index (Phi) is 6.41. The first-order valence-electron chi connectivity index (χ1n) is 11.3. The second-order valence-corrected chi connectivity index (χ2v) is 10.7. The highest BCUT2D eigenvalue weighted by molar-refractivity contribution is 7.97. The summed E-state index contributed by atoms with van der Waals surface area (Å²) in [7, 11) is 3.10. The highest BCUT2D eigenvalue weighted by Crippen LogP contribution is 2.51. The quantitative estimate of drug-likeness (QED) is 0.371. The van der Waals surface area contributed by atoms with Crippen molar-refractivity contribution < 1.29 is 34.2 Å². The van der Waals surface area contributed by atoms with E-state index in [4.69, 9.17) is 11.5 Å². The number of nitrogens with zero attached hydrogens (tertiary/aromatic N) is 1. The van der Waals surface area contributed by atoms with Crippen molar-refractivity contribution in [1.29, 1.82) is 0 Å². The van der Waals surface area contributed by atoms with E-state index in [0.29, 0.717) is 22.4 Å². The molecule has 2 saturated carbocycles. The van der Waals surface area contributed by atoms with Crippen LogP contribution in [0, 0.1) is 23.7 Å². The van der Waals surface area contributed by atoms with Gasteiger partial charge in [0.2, 0.25) is 5.91 Å². The van der Waals surface area contributed by atoms with Crippen LogP contribution in [0.4, 0.5) is 0 Å². The molecule has 10 nitrogen and oxygen atoms in total. The number of likely N-dealkylation sites (N-methyl/N-ethyl adjacent to an activating group) is 1. The van der Waals surface area contributed by atoms with E-state index in [9.17, 15) is 34.2 Å². The summed E-state index contributed by atoms with van der Waals surface area (Å²) >= 11 is 1.44. The summed E-state index contributed by atoms with van der Waals surface area (Å²) in [6.07, 6.45) is 2.07. The Morgan fingerprint density at radius 2 is 1.86 bits per heavy atom. The number of carbonyl (C=O) groups is 5. The Morgan fingerprint density at radius 1 is 1.20 bits per heavy atom. The zero-order chi connectivity index (χ0) is 26.0. The Morgan fingerprint density at radius 3 is 2.40 bits per heavy atom. The number of rotatable bonds is 5. The first-order valence-corrected chi connectivity index (χ1v) is 12.7. The molecule has 0 saturated heterocycles. The Labute approximate surface area is 206 Å². The van der Waals surface area contributed by atoms with Crippen molar-refractivity contribution in [3.63, 3.8) is 0 Å². The number of benzene rings is 1. The van der Waals surface area contributed by atoms with E-state index in [-0.39, 0.29) is 30.7 Å². The molecule has 6 atom stereocenters. The zero-order valence-electron chi connectivity index (χ0n) is 19.7. The predicted octanol–water partition coefficient (Wildman–Crippen LogP) is -0.811. The maximum atomic E-state index is 13.8. The van der Waals surface area contributed by atoms with Crippen LogP contribution in [0.5, 0.6) is 5.75 Å². The molecule has 3 aliphatic rings.